The molecule has 7 nitrogen and oxygen atoms in total. The first-order chi connectivity index (χ1) is 15.8. The molecule has 0 saturated carbocycles. The number of amides is 2. The molecule has 2 aliphatic heterocycles. The molecular weight excluding hydrogens is 418 g/mol. The van der Waals surface area contributed by atoms with Crippen molar-refractivity contribution < 1.29 is 19.1 Å². The van der Waals surface area contributed by atoms with E-state index in [-0.39, 0.29) is 17.9 Å². The molecule has 1 aromatic carbocycles. The van der Waals surface area contributed by atoms with Gasteiger partial charge >= 0.3 is 0 Å². The largest absolute Gasteiger partial charge is 0.493 e. The minimum Gasteiger partial charge on any atom is -0.493 e. The Labute approximate surface area is 198 Å². The first kappa shape index (κ1) is 25.2. The lowest BCUT2D eigenvalue weighted by atomic mass is 10.0. The van der Waals surface area contributed by atoms with Gasteiger partial charge in [-0.25, -0.2) is 0 Å². The van der Waals surface area contributed by atoms with E-state index in [9.17, 15) is 9.59 Å². The van der Waals surface area contributed by atoms with Crippen LogP contribution in [0.15, 0.2) is 30.0 Å². The van der Waals surface area contributed by atoms with Crippen LogP contribution in [0.3, 0.4) is 0 Å². The summed E-state index contributed by atoms with van der Waals surface area (Å²) in [4.78, 5) is 32.8. The predicted molar refractivity (Wildman–Crippen MR) is 130 cm³/mol. The lowest BCUT2D eigenvalue weighted by Crippen LogP contribution is -2.47. The topological polar surface area (TPSA) is 62.3 Å². The third-order valence-corrected chi connectivity index (χ3v) is 5.98. The van der Waals surface area contributed by atoms with Crippen LogP contribution in [0, 0.1) is 5.92 Å². The van der Waals surface area contributed by atoms with Crippen molar-refractivity contribution in [2.45, 2.75) is 47.1 Å². The van der Waals surface area contributed by atoms with Crippen molar-refractivity contribution >= 4 is 17.4 Å². The van der Waals surface area contributed by atoms with Gasteiger partial charge in [-0.15, -0.1) is 0 Å². The monoisotopic (exact) mass is 457 g/mol. The summed E-state index contributed by atoms with van der Waals surface area (Å²) in [6, 6.07) is 7.55. The fourth-order valence-electron chi connectivity index (χ4n) is 4.13. The van der Waals surface area contributed by atoms with Gasteiger partial charge in [0.1, 0.15) is 11.4 Å². The van der Waals surface area contributed by atoms with Gasteiger partial charge in [0, 0.05) is 39.3 Å². The maximum absolute atomic E-state index is 13.5. The molecule has 33 heavy (non-hydrogen) atoms. The van der Waals surface area contributed by atoms with Crippen molar-refractivity contribution in [1.82, 2.24) is 14.7 Å². The minimum absolute atomic E-state index is 0.130. The minimum atomic E-state index is -0.215. The smallest absolute Gasteiger partial charge is 0.277 e. The number of benzene rings is 1. The van der Waals surface area contributed by atoms with E-state index < -0.39 is 0 Å². The van der Waals surface area contributed by atoms with Gasteiger partial charge in [0.15, 0.2) is 0 Å². The van der Waals surface area contributed by atoms with Crippen LogP contribution >= 0.6 is 0 Å². The highest BCUT2D eigenvalue weighted by molar-refractivity contribution is 6.35. The SMILES string of the molecule is CCN1CCN(C2=C(c3ccc(OCC(C)C)cc3)C(=O)N(CCCOC(C)C)C2=O)CC1. The molecule has 0 radical (unpaired) electrons. The van der Waals surface area contributed by atoms with E-state index in [1.54, 1.807) is 0 Å². The molecule has 0 aliphatic carbocycles. The number of hydrogen-bond donors (Lipinski definition) is 0. The maximum Gasteiger partial charge on any atom is 0.277 e. The molecule has 0 unspecified atom stereocenters. The van der Waals surface area contributed by atoms with Gasteiger partial charge in [-0.2, -0.15) is 0 Å². The molecular formula is C26H39N3O4. The normalized spacial score (nSPS) is 17.8. The van der Waals surface area contributed by atoms with E-state index in [0.29, 0.717) is 43.4 Å². The summed E-state index contributed by atoms with van der Waals surface area (Å²) in [6.45, 7) is 16.1. The van der Waals surface area contributed by atoms with E-state index in [4.69, 9.17) is 9.47 Å². The molecule has 2 aliphatic rings. The highest BCUT2D eigenvalue weighted by Gasteiger charge is 2.41. The van der Waals surface area contributed by atoms with E-state index in [1.807, 2.05) is 38.1 Å². The summed E-state index contributed by atoms with van der Waals surface area (Å²) < 4.78 is 11.4. The fourth-order valence-corrected chi connectivity index (χ4v) is 4.13. The lowest BCUT2D eigenvalue weighted by molar-refractivity contribution is -0.137. The van der Waals surface area contributed by atoms with E-state index in [2.05, 4.69) is 30.6 Å². The number of likely N-dealkylation sites (N-methyl/N-ethyl adjacent to an activating group) is 1. The first-order valence-corrected chi connectivity index (χ1v) is 12.2. The van der Waals surface area contributed by atoms with Crippen molar-refractivity contribution in [2.75, 3.05) is 52.5 Å². The van der Waals surface area contributed by atoms with Gasteiger partial charge in [0.05, 0.1) is 18.3 Å². The molecule has 182 valence electrons. The molecule has 3 rings (SSSR count). The Kier molecular flexibility index (Phi) is 8.92. The zero-order chi connectivity index (χ0) is 24.0. The van der Waals surface area contributed by atoms with E-state index in [1.165, 1.54) is 4.90 Å². The van der Waals surface area contributed by atoms with Crippen LogP contribution in [0.1, 0.15) is 46.6 Å². The summed E-state index contributed by atoms with van der Waals surface area (Å²) in [5.41, 5.74) is 1.81. The average Bonchev–Trinajstić information content (AvgIpc) is 3.05. The third-order valence-electron chi connectivity index (χ3n) is 5.98. The molecule has 1 fully saturated rings. The Morgan fingerprint density at radius 2 is 1.61 bits per heavy atom. The fraction of sp³-hybridized carbons (Fsp3) is 0.615. The second-order valence-electron chi connectivity index (χ2n) is 9.41. The molecule has 2 amide bonds. The first-order valence-electron chi connectivity index (χ1n) is 12.2. The van der Waals surface area contributed by atoms with Gasteiger partial charge < -0.3 is 19.3 Å². The zero-order valence-electron chi connectivity index (χ0n) is 20.8. The van der Waals surface area contributed by atoms with Crippen LogP contribution in [0.4, 0.5) is 0 Å². The van der Waals surface area contributed by atoms with Crippen molar-refractivity contribution in [2.24, 2.45) is 5.92 Å². The third kappa shape index (κ3) is 6.36. The molecule has 0 spiro atoms. The predicted octanol–water partition coefficient (Wildman–Crippen LogP) is 3.25. The molecule has 2 heterocycles. The van der Waals surface area contributed by atoms with Crippen LogP contribution in [0.5, 0.6) is 5.75 Å². The highest BCUT2D eigenvalue weighted by Crippen LogP contribution is 2.33. The number of imide groups is 1. The zero-order valence-corrected chi connectivity index (χ0v) is 20.8. The lowest BCUT2D eigenvalue weighted by Gasteiger charge is -2.36. The number of piperazine rings is 1. The Morgan fingerprint density at radius 3 is 2.18 bits per heavy atom. The standard InChI is InChI=1S/C26H39N3O4/c1-6-27-13-15-28(16-14-27)24-23(21-8-10-22(11-9-21)33-18-19(2)3)25(30)29(26(24)31)12-7-17-32-20(4)5/h8-11,19-20H,6-7,12-18H2,1-5H3. The Hall–Kier alpha value is -2.38. The van der Waals surface area contributed by atoms with Gasteiger partial charge in [-0.1, -0.05) is 32.9 Å². The average molecular weight is 458 g/mol. The second kappa shape index (κ2) is 11.7. The summed E-state index contributed by atoms with van der Waals surface area (Å²) in [5, 5.41) is 0. The van der Waals surface area contributed by atoms with E-state index in [0.717, 1.165) is 44.0 Å². The van der Waals surface area contributed by atoms with Gasteiger partial charge in [0.25, 0.3) is 11.8 Å². The summed E-state index contributed by atoms with van der Waals surface area (Å²) in [5.74, 6) is 0.798. The van der Waals surface area contributed by atoms with Crippen LogP contribution in [0.2, 0.25) is 0 Å². The molecule has 0 atom stereocenters. The van der Waals surface area contributed by atoms with Gasteiger partial charge in [0.2, 0.25) is 0 Å². The number of ether oxygens (including phenoxy) is 2. The molecule has 1 saturated heterocycles. The summed E-state index contributed by atoms with van der Waals surface area (Å²) >= 11 is 0. The molecule has 0 bridgehead atoms. The number of nitrogens with zero attached hydrogens (tertiary/aromatic N) is 3. The highest BCUT2D eigenvalue weighted by atomic mass is 16.5. The van der Waals surface area contributed by atoms with Crippen molar-refractivity contribution in [3.05, 3.63) is 35.5 Å². The van der Waals surface area contributed by atoms with Crippen molar-refractivity contribution in [3.8, 4) is 5.75 Å². The number of rotatable bonds is 11. The quantitative estimate of drug-likeness (QED) is 0.376. The molecule has 1 aromatic rings. The molecule has 7 heteroatoms. The molecule has 0 aromatic heterocycles. The van der Waals surface area contributed by atoms with Gasteiger partial charge in [-0.3, -0.25) is 14.5 Å². The number of carbonyl (C=O) groups excluding carboxylic acids is 2. The Morgan fingerprint density at radius 1 is 0.939 bits per heavy atom. The van der Waals surface area contributed by atoms with Crippen LogP contribution < -0.4 is 4.74 Å². The molecule has 0 N–H and O–H groups in total. The van der Waals surface area contributed by atoms with Crippen LogP contribution in [-0.4, -0.2) is 85.1 Å². The maximum atomic E-state index is 13.5. The Balaban J connectivity index is 1.83. The summed E-state index contributed by atoms with van der Waals surface area (Å²) in [7, 11) is 0. The van der Waals surface area contributed by atoms with Crippen molar-refractivity contribution in [3.63, 3.8) is 0 Å². The van der Waals surface area contributed by atoms with Gasteiger partial charge in [-0.05, 0) is 50.4 Å². The second-order valence-corrected chi connectivity index (χ2v) is 9.41. The van der Waals surface area contributed by atoms with E-state index >= 15 is 0 Å². The number of carbonyl (C=O) groups is 2. The Bertz CT molecular complexity index is 840. The van der Waals surface area contributed by atoms with Crippen LogP contribution in [0.25, 0.3) is 5.57 Å². The number of hydrogen-bond acceptors (Lipinski definition) is 6. The summed E-state index contributed by atoms with van der Waals surface area (Å²) in [6.07, 6.45) is 0.757. The van der Waals surface area contributed by atoms with Crippen molar-refractivity contribution in [1.29, 1.82) is 0 Å². The van der Waals surface area contributed by atoms with Crippen LogP contribution in [-0.2, 0) is 14.3 Å².